The molecule has 3 heterocycles. The van der Waals surface area contributed by atoms with Gasteiger partial charge in [-0.3, -0.25) is 4.98 Å². The van der Waals surface area contributed by atoms with Gasteiger partial charge in [0.2, 0.25) is 6.79 Å². The van der Waals surface area contributed by atoms with Crippen molar-refractivity contribution in [3.63, 3.8) is 0 Å². The third-order valence-corrected chi connectivity index (χ3v) is 4.20. The van der Waals surface area contributed by atoms with Crippen molar-refractivity contribution < 1.29 is 21.9 Å². The fraction of sp³-hybridized carbons (Fsp3) is 0.300. The van der Waals surface area contributed by atoms with Crippen LogP contribution in [-0.4, -0.2) is 21.7 Å². The van der Waals surface area contributed by atoms with Crippen LogP contribution in [0, 0.1) is 6.92 Å². The van der Waals surface area contributed by atoms with Crippen LogP contribution in [0.1, 0.15) is 32.3 Å². The Morgan fingerprint density at radius 1 is 1.00 bits per heavy atom. The molecule has 0 fully saturated rings. The molecule has 4 rings (SSSR count). The summed E-state index contributed by atoms with van der Waals surface area (Å²) in [4.78, 5) is 13.0. The summed E-state index contributed by atoms with van der Waals surface area (Å²) in [5.74, 6) is 2.45. The largest absolute Gasteiger partial charge is 1.00 e. The summed E-state index contributed by atoms with van der Waals surface area (Å²) in [5, 5.41) is 0. The molecule has 1 N–H and O–H groups in total. The summed E-state index contributed by atoms with van der Waals surface area (Å²) in [6.07, 6.45) is 0. The molecule has 3 aromatic rings. The first-order valence-electron chi connectivity index (χ1n) is 8.36. The van der Waals surface area contributed by atoms with Crippen molar-refractivity contribution in [1.29, 1.82) is 0 Å². The zero-order valence-corrected chi connectivity index (χ0v) is 16.0. The SMILES string of the molecule is Cc1cccc(-c2[nH]c(C(C)(C)C)nc2-c2ccc3c(c2)OCO3)n1.[Cl-]. The fourth-order valence-corrected chi connectivity index (χ4v) is 2.85. The van der Waals surface area contributed by atoms with Crippen molar-refractivity contribution >= 4 is 0 Å². The first kappa shape index (κ1) is 18.3. The van der Waals surface area contributed by atoms with Gasteiger partial charge in [0.15, 0.2) is 11.5 Å². The van der Waals surface area contributed by atoms with Crippen LogP contribution in [0.4, 0.5) is 0 Å². The highest BCUT2D eigenvalue weighted by molar-refractivity contribution is 5.78. The second-order valence-electron chi connectivity index (χ2n) is 7.29. The number of imidazole rings is 1. The normalized spacial score (nSPS) is 12.8. The zero-order chi connectivity index (χ0) is 17.6. The van der Waals surface area contributed by atoms with E-state index < -0.39 is 0 Å². The van der Waals surface area contributed by atoms with E-state index in [2.05, 4.69) is 30.7 Å². The third-order valence-electron chi connectivity index (χ3n) is 4.20. The molecule has 1 aliphatic rings. The zero-order valence-electron chi connectivity index (χ0n) is 15.3. The molecule has 5 nitrogen and oxygen atoms in total. The number of hydrogen-bond donors (Lipinski definition) is 1. The Morgan fingerprint density at radius 3 is 2.50 bits per heavy atom. The molecule has 0 saturated heterocycles. The van der Waals surface area contributed by atoms with Gasteiger partial charge in [0.1, 0.15) is 5.82 Å². The number of ether oxygens (including phenoxy) is 2. The van der Waals surface area contributed by atoms with Crippen LogP contribution in [-0.2, 0) is 5.41 Å². The van der Waals surface area contributed by atoms with Crippen LogP contribution in [0.25, 0.3) is 22.6 Å². The van der Waals surface area contributed by atoms with E-state index in [-0.39, 0.29) is 24.6 Å². The molecule has 0 spiro atoms. The second kappa shape index (κ2) is 6.65. The number of rotatable bonds is 2. The van der Waals surface area contributed by atoms with E-state index in [0.29, 0.717) is 0 Å². The molecule has 0 aliphatic carbocycles. The summed E-state index contributed by atoms with van der Waals surface area (Å²) < 4.78 is 10.9. The Labute approximate surface area is 159 Å². The number of aromatic amines is 1. The average molecular weight is 371 g/mol. The van der Waals surface area contributed by atoms with Gasteiger partial charge < -0.3 is 26.9 Å². The van der Waals surface area contributed by atoms with Crippen molar-refractivity contribution in [3.8, 4) is 34.1 Å². The number of benzene rings is 1. The summed E-state index contributed by atoms with van der Waals surface area (Å²) >= 11 is 0. The molecule has 0 atom stereocenters. The minimum absolute atomic E-state index is 0. The van der Waals surface area contributed by atoms with Crippen molar-refractivity contribution in [3.05, 3.63) is 47.9 Å². The molecule has 0 radical (unpaired) electrons. The van der Waals surface area contributed by atoms with Gasteiger partial charge in [-0.2, -0.15) is 0 Å². The summed E-state index contributed by atoms with van der Waals surface area (Å²) in [5.41, 5.74) is 4.55. The predicted molar refractivity (Wildman–Crippen MR) is 96.8 cm³/mol. The minimum Gasteiger partial charge on any atom is -1.00 e. The van der Waals surface area contributed by atoms with E-state index in [1.807, 2.05) is 43.3 Å². The molecular weight excluding hydrogens is 350 g/mol. The molecular formula is C20H21ClN3O2-. The smallest absolute Gasteiger partial charge is 0.231 e. The molecule has 1 aliphatic heterocycles. The van der Waals surface area contributed by atoms with Gasteiger partial charge in [-0.1, -0.05) is 26.8 Å². The first-order valence-corrected chi connectivity index (χ1v) is 8.36. The summed E-state index contributed by atoms with van der Waals surface area (Å²) in [7, 11) is 0. The molecule has 0 unspecified atom stereocenters. The van der Waals surface area contributed by atoms with E-state index in [1.165, 1.54) is 0 Å². The Bertz CT molecular complexity index is 944. The lowest BCUT2D eigenvalue weighted by Gasteiger charge is -2.14. The topological polar surface area (TPSA) is 60.0 Å². The van der Waals surface area contributed by atoms with Crippen LogP contribution in [0.3, 0.4) is 0 Å². The number of halogens is 1. The lowest BCUT2D eigenvalue weighted by atomic mass is 9.96. The second-order valence-corrected chi connectivity index (χ2v) is 7.29. The van der Waals surface area contributed by atoms with E-state index in [4.69, 9.17) is 14.5 Å². The lowest BCUT2D eigenvalue weighted by molar-refractivity contribution is -0.00000724. The quantitative estimate of drug-likeness (QED) is 0.742. The Hall–Kier alpha value is -2.53. The van der Waals surface area contributed by atoms with Crippen molar-refractivity contribution in [2.75, 3.05) is 6.79 Å². The standard InChI is InChI=1S/C20H21N3O2.ClH/c1-12-6-5-7-14(21-12)18-17(22-19(23-18)20(2,3)4)13-8-9-15-16(10-13)25-11-24-15;/h5-10H,11H2,1-4H3,(H,22,23);1H/p-1. The molecule has 0 amide bonds. The molecule has 2 aromatic heterocycles. The minimum atomic E-state index is -0.0901. The number of H-pyrrole nitrogens is 1. The van der Waals surface area contributed by atoms with Crippen LogP contribution < -0.4 is 21.9 Å². The van der Waals surface area contributed by atoms with Gasteiger partial charge in [-0.25, -0.2) is 4.98 Å². The maximum absolute atomic E-state index is 5.52. The van der Waals surface area contributed by atoms with Crippen molar-refractivity contribution in [2.45, 2.75) is 33.1 Å². The van der Waals surface area contributed by atoms with Gasteiger partial charge in [0.25, 0.3) is 0 Å². The van der Waals surface area contributed by atoms with Gasteiger partial charge >= 0.3 is 0 Å². The number of pyridine rings is 1. The lowest BCUT2D eigenvalue weighted by Crippen LogP contribution is -3.00. The summed E-state index contributed by atoms with van der Waals surface area (Å²) in [6.45, 7) is 8.68. The van der Waals surface area contributed by atoms with Gasteiger partial charge in [0, 0.05) is 16.7 Å². The highest BCUT2D eigenvalue weighted by Gasteiger charge is 2.24. The fourth-order valence-electron chi connectivity index (χ4n) is 2.85. The average Bonchev–Trinajstić information content (AvgIpc) is 3.20. The number of hydrogen-bond acceptors (Lipinski definition) is 4. The molecule has 136 valence electrons. The molecule has 26 heavy (non-hydrogen) atoms. The van der Waals surface area contributed by atoms with E-state index in [1.54, 1.807) is 0 Å². The van der Waals surface area contributed by atoms with Gasteiger partial charge in [-0.05, 0) is 37.3 Å². The number of nitrogens with zero attached hydrogens (tertiary/aromatic N) is 2. The highest BCUT2D eigenvalue weighted by atomic mass is 35.5. The molecule has 0 saturated carbocycles. The molecule has 0 bridgehead atoms. The van der Waals surface area contributed by atoms with Crippen LogP contribution in [0.15, 0.2) is 36.4 Å². The predicted octanol–water partition coefficient (Wildman–Crippen LogP) is 1.48. The van der Waals surface area contributed by atoms with Crippen LogP contribution >= 0.6 is 0 Å². The van der Waals surface area contributed by atoms with E-state index in [0.717, 1.165) is 45.7 Å². The highest BCUT2D eigenvalue weighted by Crippen LogP contribution is 2.39. The number of nitrogens with one attached hydrogen (secondary N) is 1. The number of fused-ring (bicyclic) bond motifs is 1. The maximum atomic E-state index is 5.52. The maximum Gasteiger partial charge on any atom is 0.231 e. The Morgan fingerprint density at radius 2 is 1.77 bits per heavy atom. The molecule has 1 aromatic carbocycles. The number of aryl methyl sites for hydroxylation is 1. The number of aromatic nitrogens is 3. The van der Waals surface area contributed by atoms with Crippen LogP contribution in [0.5, 0.6) is 11.5 Å². The van der Waals surface area contributed by atoms with Crippen LogP contribution in [0.2, 0.25) is 0 Å². The van der Waals surface area contributed by atoms with Crippen molar-refractivity contribution in [1.82, 2.24) is 15.0 Å². The monoisotopic (exact) mass is 370 g/mol. The van der Waals surface area contributed by atoms with E-state index in [9.17, 15) is 0 Å². The molecule has 6 heteroatoms. The van der Waals surface area contributed by atoms with Crippen molar-refractivity contribution in [2.24, 2.45) is 0 Å². The van der Waals surface area contributed by atoms with Gasteiger partial charge in [-0.15, -0.1) is 0 Å². The van der Waals surface area contributed by atoms with E-state index >= 15 is 0 Å². The summed E-state index contributed by atoms with van der Waals surface area (Å²) in [6, 6.07) is 11.9. The third kappa shape index (κ3) is 3.27. The first-order chi connectivity index (χ1) is 11.9. The Kier molecular flexibility index (Phi) is 4.67. The Balaban J connectivity index is 0.00000196. The van der Waals surface area contributed by atoms with Gasteiger partial charge in [0.05, 0.1) is 17.1 Å².